The molecule has 1 aromatic heterocycles. The maximum absolute atomic E-state index is 13.3. The van der Waals surface area contributed by atoms with Crippen molar-refractivity contribution < 1.29 is 4.39 Å². The number of aryl methyl sites for hydroxylation is 1. The third-order valence-corrected chi connectivity index (χ3v) is 4.78. The monoisotopic (exact) mass is 365 g/mol. The molecule has 0 fully saturated rings. The fraction of sp³-hybridized carbons (Fsp3) is 0.278. The van der Waals surface area contributed by atoms with Crippen molar-refractivity contribution in [3.63, 3.8) is 0 Å². The van der Waals surface area contributed by atoms with Crippen LogP contribution in [0.4, 0.5) is 4.39 Å². The lowest BCUT2D eigenvalue weighted by Gasteiger charge is -2.28. The number of nitrogens with one attached hydrogen (secondary N) is 1. The van der Waals surface area contributed by atoms with Crippen molar-refractivity contribution in [2.24, 2.45) is 7.05 Å². The van der Waals surface area contributed by atoms with Gasteiger partial charge in [0.2, 0.25) is 0 Å². The third kappa shape index (κ3) is 3.27. The zero-order chi connectivity index (χ0) is 17.5. The van der Waals surface area contributed by atoms with Gasteiger partial charge in [-0.05, 0) is 49.7 Å². The number of benzene rings is 2. The maximum Gasteiger partial charge on any atom is 0.124 e. The van der Waals surface area contributed by atoms with E-state index in [0.29, 0.717) is 16.6 Å². The lowest BCUT2D eigenvalue weighted by Crippen LogP contribution is -2.37. The first-order chi connectivity index (χ1) is 11.3. The second kappa shape index (κ2) is 6.36. The molecule has 0 aliphatic heterocycles. The van der Waals surface area contributed by atoms with Crippen molar-refractivity contribution in [2.45, 2.75) is 25.9 Å². The Bertz CT molecular complexity index is 903. The fourth-order valence-corrected chi connectivity index (χ4v) is 3.34. The summed E-state index contributed by atoms with van der Waals surface area (Å²) in [5, 5.41) is 4.52. The Morgan fingerprint density at radius 3 is 2.62 bits per heavy atom. The zero-order valence-electron chi connectivity index (χ0n) is 13.7. The molecule has 0 amide bonds. The first kappa shape index (κ1) is 17.2. The van der Waals surface area contributed by atoms with Gasteiger partial charge in [-0.1, -0.05) is 29.3 Å². The first-order valence-electron chi connectivity index (χ1n) is 7.59. The molecular weight excluding hydrogens is 348 g/mol. The molecule has 0 bridgehead atoms. The lowest BCUT2D eigenvalue weighted by molar-refractivity contribution is 0.392. The molecule has 0 saturated carbocycles. The lowest BCUT2D eigenvalue weighted by atomic mass is 9.94. The van der Waals surface area contributed by atoms with E-state index in [1.807, 2.05) is 43.7 Å². The van der Waals surface area contributed by atoms with Gasteiger partial charge in [-0.25, -0.2) is 9.37 Å². The summed E-state index contributed by atoms with van der Waals surface area (Å²) >= 11 is 12.2. The van der Waals surface area contributed by atoms with E-state index in [4.69, 9.17) is 23.2 Å². The van der Waals surface area contributed by atoms with Crippen LogP contribution in [0.1, 0.15) is 25.2 Å². The maximum atomic E-state index is 13.3. The van der Waals surface area contributed by atoms with Gasteiger partial charge in [0.1, 0.15) is 11.6 Å². The van der Waals surface area contributed by atoms with Gasteiger partial charge in [0, 0.05) is 22.6 Å². The van der Waals surface area contributed by atoms with Gasteiger partial charge in [0.15, 0.2) is 0 Å². The van der Waals surface area contributed by atoms with E-state index in [0.717, 1.165) is 22.4 Å². The highest BCUT2D eigenvalue weighted by Crippen LogP contribution is 2.29. The normalized spacial score (nSPS) is 12.1. The Hall–Kier alpha value is -1.62. The van der Waals surface area contributed by atoms with Crippen LogP contribution in [0.25, 0.3) is 11.0 Å². The van der Waals surface area contributed by atoms with E-state index in [9.17, 15) is 4.39 Å². The molecule has 6 heteroatoms. The number of fused-ring (bicyclic) bond motifs is 1. The highest BCUT2D eigenvalue weighted by molar-refractivity contribution is 6.31. The summed E-state index contributed by atoms with van der Waals surface area (Å²) in [5.41, 5.74) is 2.29. The van der Waals surface area contributed by atoms with Crippen LogP contribution in [0.2, 0.25) is 10.0 Å². The minimum absolute atomic E-state index is 0.341. The molecule has 24 heavy (non-hydrogen) atoms. The van der Waals surface area contributed by atoms with Crippen molar-refractivity contribution >= 4 is 34.2 Å². The van der Waals surface area contributed by atoms with Crippen LogP contribution in [-0.2, 0) is 19.1 Å². The second-order valence-corrected chi connectivity index (χ2v) is 7.17. The largest absolute Gasteiger partial charge is 0.330 e. The van der Waals surface area contributed by atoms with Gasteiger partial charge in [-0.15, -0.1) is 0 Å². The Morgan fingerprint density at radius 1 is 1.17 bits per heavy atom. The molecule has 1 heterocycles. The van der Waals surface area contributed by atoms with Gasteiger partial charge in [0.05, 0.1) is 17.6 Å². The van der Waals surface area contributed by atoms with Gasteiger partial charge in [0.25, 0.3) is 0 Å². The molecule has 0 spiro atoms. The minimum atomic E-state index is -0.430. The number of halogens is 3. The van der Waals surface area contributed by atoms with Crippen LogP contribution in [0.3, 0.4) is 0 Å². The van der Waals surface area contributed by atoms with Crippen LogP contribution in [-0.4, -0.2) is 9.55 Å². The molecule has 1 N–H and O–H groups in total. The van der Waals surface area contributed by atoms with Crippen molar-refractivity contribution in [3.05, 3.63) is 63.6 Å². The topological polar surface area (TPSA) is 29.9 Å². The van der Waals surface area contributed by atoms with Gasteiger partial charge in [-0.3, -0.25) is 0 Å². The highest BCUT2D eigenvalue weighted by atomic mass is 35.5. The van der Waals surface area contributed by atoms with Crippen LogP contribution < -0.4 is 5.32 Å². The number of rotatable bonds is 4. The summed E-state index contributed by atoms with van der Waals surface area (Å²) in [7, 11) is 1.97. The summed E-state index contributed by atoms with van der Waals surface area (Å²) < 4.78 is 15.3. The molecule has 2 aromatic carbocycles. The SMILES string of the molecule is Cn1c(CNC(C)(C)c2ccc(F)cc2Cl)nc2cc(Cl)ccc21. The van der Waals surface area contributed by atoms with E-state index in [1.165, 1.54) is 12.1 Å². The molecule has 0 atom stereocenters. The van der Waals surface area contributed by atoms with E-state index < -0.39 is 5.54 Å². The minimum Gasteiger partial charge on any atom is -0.330 e. The molecule has 3 aromatic rings. The third-order valence-electron chi connectivity index (χ3n) is 4.23. The zero-order valence-corrected chi connectivity index (χ0v) is 15.2. The van der Waals surface area contributed by atoms with E-state index in [-0.39, 0.29) is 5.82 Å². The number of hydrogen-bond donors (Lipinski definition) is 1. The first-order valence-corrected chi connectivity index (χ1v) is 8.35. The van der Waals surface area contributed by atoms with Crippen molar-refractivity contribution in [3.8, 4) is 0 Å². The van der Waals surface area contributed by atoms with E-state index >= 15 is 0 Å². The fourth-order valence-electron chi connectivity index (χ4n) is 2.77. The van der Waals surface area contributed by atoms with E-state index in [1.54, 1.807) is 6.07 Å². The van der Waals surface area contributed by atoms with Gasteiger partial charge in [-0.2, -0.15) is 0 Å². The van der Waals surface area contributed by atoms with Crippen molar-refractivity contribution in [1.29, 1.82) is 0 Å². The Morgan fingerprint density at radius 2 is 1.92 bits per heavy atom. The number of aromatic nitrogens is 2. The standard InChI is InChI=1S/C18H18Cl2FN3/c1-18(2,13-6-5-12(21)9-14(13)20)22-10-17-23-15-8-11(19)4-7-16(15)24(17)3/h4-9,22H,10H2,1-3H3. The average molecular weight is 366 g/mol. The summed E-state index contributed by atoms with van der Waals surface area (Å²) in [5.74, 6) is 0.547. The molecule has 0 aliphatic rings. The Kier molecular flexibility index (Phi) is 4.56. The average Bonchev–Trinajstić information content (AvgIpc) is 2.80. The molecule has 0 saturated heterocycles. The summed E-state index contributed by atoms with van der Waals surface area (Å²) in [4.78, 5) is 4.63. The molecule has 0 unspecified atom stereocenters. The van der Waals surface area contributed by atoms with Crippen molar-refractivity contribution in [2.75, 3.05) is 0 Å². The second-order valence-electron chi connectivity index (χ2n) is 6.32. The summed E-state index contributed by atoms with van der Waals surface area (Å²) in [6.45, 7) is 4.56. The molecule has 3 rings (SSSR count). The predicted molar refractivity (Wildman–Crippen MR) is 97.0 cm³/mol. The highest BCUT2D eigenvalue weighted by Gasteiger charge is 2.23. The Balaban J connectivity index is 1.85. The summed E-state index contributed by atoms with van der Waals surface area (Å²) in [6.07, 6.45) is 0. The molecule has 0 aliphatic carbocycles. The quantitative estimate of drug-likeness (QED) is 0.701. The van der Waals surface area contributed by atoms with Crippen LogP contribution in [0.5, 0.6) is 0 Å². The van der Waals surface area contributed by atoms with Crippen LogP contribution >= 0.6 is 23.2 Å². The summed E-state index contributed by atoms with van der Waals surface area (Å²) in [6, 6.07) is 10.1. The Labute approximate surface area is 150 Å². The molecule has 126 valence electrons. The molecule has 3 nitrogen and oxygen atoms in total. The molecular formula is C18H18Cl2FN3. The predicted octanol–water partition coefficient (Wildman–Crippen LogP) is 5.04. The number of imidazole rings is 1. The van der Waals surface area contributed by atoms with Gasteiger partial charge < -0.3 is 9.88 Å². The van der Waals surface area contributed by atoms with E-state index in [2.05, 4.69) is 10.3 Å². The smallest absolute Gasteiger partial charge is 0.124 e. The van der Waals surface area contributed by atoms with Gasteiger partial charge >= 0.3 is 0 Å². The van der Waals surface area contributed by atoms with Crippen molar-refractivity contribution in [1.82, 2.24) is 14.9 Å². The number of nitrogens with zero attached hydrogens (tertiary/aromatic N) is 2. The van der Waals surface area contributed by atoms with Crippen LogP contribution in [0, 0.1) is 5.82 Å². The van der Waals surface area contributed by atoms with Crippen LogP contribution in [0.15, 0.2) is 36.4 Å². The number of hydrogen-bond acceptors (Lipinski definition) is 2. The molecule has 0 radical (unpaired) electrons.